The fraction of sp³-hybridized carbons (Fsp3) is 0.462. The van der Waals surface area contributed by atoms with E-state index in [0.717, 1.165) is 0 Å². The third-order valence-electron chi connectivity index (χ3n) is 3.54. The molecule has 1 saturated heterocycles. The number of rotatable bonds is 5. The van der Waals surface area contributed by atoms with E-state index in [-0.39, 0.29) is 18.3 Å². The molecule has 1 aromatic rings. The summed E-state index contributed by atoms with van der Waals surface area (Å²) in [6, 6.07) is 6.20. The Kier molecular flexibility index (Phi) is 4.31. The Labute approximate surface area is 115 Å². The maximum Gasteiger partial charge on any atom is 0.310 e. The predicted molar refractivity (Wildman–Crippen MR) is 70.3 cm³/mol. The molecule has 7 nitrogen and oxygen atoms in total. The largest absolute Gasteiger partial charge is 0.481 e. The molecule has 1 heterocycles. The van der Waals surface area contributed by atoms with E-state index in [0.29, 0.717) is 18.7 Å². The van der Waals surface area contributed by atoms with Crippen LogP contribution in [0.4, 0.5) is 5.69 Å². The van der Waals surface area contributed by atoms with Crippen LogP contribution in [-0.2, 0) is 16.1 Å². The van der Waals surface area contributed by atoms with E-state index in [2.05, 4.69) is 0 Å². The van der Waals surface area contributed by atoms with E-state index >= 15 is 0 Å². The molecule has 2 atom stereocenters. The van der Waals surface area contributed by atoms with Gasteiger partial charge in [0.1, 0.15) is 0 Å². The molecule has 2 rings (SSSR count). The summed E-state index contributed by atoms with van der Waals surface area (Å²) in [7, 11) is 1.76. The Morgan fingerprint density at radius 1 is 1.50 bits per heavy atom. The molecule has 0 aromatic heterocycles. The SMILES string of the molecule is CN(Cc1ccccc1[N+](=O)[O-])C1COCC1C(=O)O. The molecule has 1 aromatic carbocycles. The minimum absolute atomic E-state index is 0.0464. The molecule has 1 aliphatic heterocycles. The van der Waals surface area contributed by atoms with Gasteiger partial charge in [-0.3, -0.25) is 19.8 Å². The third kappa shape index (κ3) is 2.94. The molecule has 2 unspecified atom stereocenters. The Morgan fingerprint density at radius 3 is 2.85 bits per heavy atom. The van der Waals surface area contributed by atoms with Gasteiger partial charge in [-0.05, 0) is 7.05 Å². The van der Waals surface area contributed by atoms with Crippen LogP contribution in [0.3, 0.4) is 0 Å². The van der Waals surface area contributed by atoms with Gasteiger partial charge in [-0.1, -0.05) is 18.2 Å². The van der Waals surface area contributed by atoms with Crippen molar-refractivity contribution in [2.45, 2.75) is 12.6 Å². The van der Waals surface area contributed by atoms with Crippen LogP contribution in [0.1, 0.15) is 5.56 Å². The summed E-state index contributed by atoms with van der Waals surface area (Å²) in [5, 5.41) is 20.1. The zero-order valence-electron chi connectivity index (χ0n) is 11.1. The number of likely N-dealkylation sites (N-methyl/N-ethyl adjacent to an activating group) is 1. The lowest BCUT2D eigenvalue weighted by Crippen LogP contribution is -2.40. The van der Waals surface area contributed by atoms with Gasteiger partial charge in [-0.2, -0.15) is 0 Å². The highest BCUT2D eigenvalue weighted by Crippen LogP contribution is 2.24. The van der Waals surface area contributed by atoms with Crippen LogP contribution in [-0.4, -0.2) is 47.2 Å². The average Bonchev–Trinajstić information content (AvgIpc) is 2.88. The van der Waals surface area contributed by atoms with E-state index in [1.165, 1.54) is 6.07 Å². The lowest BCUT2D eigenvalue weighted by atomic mass is 10.0. The molecule has 0 amide bonds. The number of hydrogen-bond donors (Lipinski definition) is 1. The molecule has 0 radical (unpaired) electrons. The number of hydrogen-bond acceptors (Lipinski definition) is 5. The van der Waals surface area contributed by atoms with Gasteiger partial charge >= 0.3 is 5.97 Å². The summed E-state index contributed by atoms with van der Waals surface area (Å²) in [6.07, 6.45) is 0. The summed E-state index contributed by atoms with van der Waals surface area (Å²) in [5.74, 6) is -1.50. The van der Waals surface area contributed by atoms with Crippen LogP contribution in [0, 0.1) is 16.0 Å². The molecule has 1 fully saturated rings. The Hall–Kier alpha value is -1.99. The molecule has 1 N–H and O–H groups in total. The van der Waals surface area contributed by atoms with Crippen molar-refractivity contribution in [2.24, 2.45) is 5.92 Å². The van der Waals surface area contributed by atoms with E-state index in [1.54, 1.807) is 30.1 Å². The lowest BCUT2D eigenvalue weighted by molar-refractivity contribution is -0.385. The van der Waals surface area contributed by atoms with Gasteiger partial charge in [-0.15, -0.1) is 0 Å². The summed E-state index contributed by atoms with van der Waals surface area (Å²) in [4.78, 5) is 23.5. The number of carbonyl (C=O) groups is 1. The molecule has 0 spiro atoms. The third-order valence-corrected chi connectivity index (χ3v) is 3.54. The second-order valence-electron chi connectivity index (χ2n) is 4.85. The van der Waals surface area contributed by atoms with Crippen LogP contribution >= 0.6 is 0 Å². The number of nitro groups is 1. The highest BCUT2D eigenvalue weighted by molar-refractivity contribution is 5.71. The first-order chi connectivity index (χ1) is 9.50. The molecule has 7 heteroatoms. The fourth-order valence-electron chi connectivity index (χ4n) is 2.42. The average molecular weight is 280 g/mol. The second-order valence-corrected chi connectivity index (χ2v) is 4.85. The number of nitrogens with zero attached hydrogens (tertiary/aromatic N) is 2. The van der Waals surface area contributed by atoms with Gasteiger partial charge in [-0.25, -0.2) is 0 Å². The topological polar surface area (TPSA) is 92.9 Å². The smallest absolute Gasteiger partial charge is 0.310 e. The molecular formula is C13H16N2O5. The van der Waals surface area contributed by atoms with Crippen molar-refractivity contribution in [2.75, 3.05) is 20.3 Å². The number of carboxylic acid groups (broad SMARTS) is 1. The van der Waals surface area contributed by atoms with E-state index in [4.69, 9.17) is 9.84 Å². The van der Waals surface area contributed by atoms with Crippen molar-refractivity contribution in [1.29, 1.82) is 0 Å². The van der Waals surface area contributed by atoms with Crippen LogP contribution in [0.25, 0.3) is 0 Å². The number of aliphatic carboxylic acids is 1. The second kappa shape index (κ2) is 5.98. The first kappa shape index (κ1) is 14.4. The van der Waals surface area contributed by atoms with Crippen molar-refractivity contribution < 1.29 is 19.6 Å². The number of nitro benzene ring substituents is 1. The number of carboxylic acids is 1. The Balaban J connectivity index is 2.14. The fourth-order valence-corrected chi connectivity index (χ4v) is 2.42. The molecule has 0 aliphatic carbocycles. The van der Waals surface area contributed by atoms with Crippen molar-refractivity contribution in [3.8, 4) is 0 Å². The van der Waals surface area contributed by atoms with E-state index in [1.807, 2.05) is 0 Å². The number of ether oxygens (including phenoxy) is 1. The maximum absolute atomic E-state index is 11.1. The van der Waals surface area contributed by atoms with E-state index in [9.17, 15) is 14.9 Å². The van der Waals surface area contributed by atoms with Crippen molar-refractivity contribution >= 4 is 11.7 Å². The summed E-state index contributed by atoms with van der Waals surface area (Å²) >= 11 is 0. The van der Waals surface area contributed by atoms with Crippen LogP contribution in [0.15, 0.2) is 24.3 Å². The first-order valence-electron chi connectivity index (χ1n) is 6.23. The standard InChI is InChI=1S/C13H16N2O5/c1-14(12-8-20-7-10(12)13(16)17)6-9-4-2-3-5-11(9)15(18)19/h2-5,10,12H,6-8H2,1H3,(H,16,17). The molecule has 0 saturated carbocycles. The van der Waals surface area contributed by atoms with Gasteiger partial charge in [0.25, 0.3) is 5.69 Å². The summed E-state index contributed by atoms with van der Waals surface area (Å²) in [5.41, 5.74) is 0.612. The maximum atomic E-state index is 11.1. The zero-order chi connectivity index (χ0) is 14.7. The Morgan fingerprint density at radius 2 is 2.20 bits per heavy atom. The molecular weight excluding hydrogens is 264 g/mol. The molecule has 108 valence electrons. The van der Waals surface area contributed by atoms with Gasteiger partial charge in [0, 0.05) is 24.2 Å². The van der Waals surface area contributed by atoms with Gasteiger partial charge in [0.15, 0.2) is 0 Å². The van der Waals surface area contributed by atoms with Crippen molar-refractivity contribution in [3.05, 3.63) is 39.9 Å². The van der Waals surface area contributed by atoms with Gasteiger partial charge in [0.2, 0.25) is 0 Å². The highest BCUT2D eigenvalue weighted by atomic mass is 16.6. The van der Waals surface area contributed by atoms with Crippen LogP contribution in [0.5, 0.6) is 0 Å². The van der Waals surface area contributed by atoms with Crippen molar-refractivity contribution in [3.63, 3.8) is 0 Å². The van der Waals surface area contributed by atoms with Crippen LogP contribution in [0.2, 0.25) is 0 Å². The van der Waals surface area contributed by atoms with Gasteiger partial charge < -0.3 is 9.84 Å². The van der Waals surface area contributed by atoms with Gasteiger partial charge in [0.05, 0.1) is 24.1 Å². The zero-order valence-corrected chi connectivity index (χ0v) is 11.1. The van der Waals surface area contributed by atoms with E-state index < -0.39 is 16.8 Å². The predicted octanol–water partition coefficient (Wildman–Crippen LogP) is 1.13. The lowest BCUT2D eigenvalue weighted by Gasteiger charge is -2.25. The molecule has 0 bridgehead atoms. The number of benzene rings is 1. The molecule has 20 heavy (non-hydrogen) atoms. The summed E-state index contributed by atoms with van der Waals surface area (Å²) in [6.45, 7) is 0.824. The normalized spacial score (nSPS) is 22.1. The quantitative estimate of drug-likeness (QED) is 0.642. The number of para-hydroxylation sites is 1. The Bertz CT molecular complexity index is 519. The minimum atomic E-state index is -0.901. The highest BCUT2D eigenvalue weighted by Gasteiger charge is 2.37. The van der Waals surface area contributed by atoms with Crippen molar-refractivity contribution in [1.82, 2.24) is 4.90 Å². The first-order valence-corrected chi connectivity index (χ1v) is 6.23. The molecule has 1 aliphatic rings. The monoisotopic (exact) mass is 280 g/mol. The summed E-state index contributed by atoms with van der Waals surface area (Å²) < 4.78 is 5.21. The minimum Gasteiger partial charge on any atom is -0.481 e. The van der Waals surface area contributed by atoms with Crippen LogP contribution < -0.4 is 0 Å².